The lowest BCUT2D eigenvalue weighted by Crippen LogP contribution is -2.29. The van der Waals surface area contributed by atoms with Crippen molar-refractivity contribution in [2.45, 2.75) is 26.0 Å². The van der Waals surface area contributed by atoms with Crippen molar-refractivity contribution in [2.75, 3.05) is 12.4 Å². The fourth-order valence-corrected chi connectivity index (χ4v) is 1.29. The highest BCUT2D eigenvalue weighted by Gasteiger charge is 2.10. The minimum atomic E-state index is -0.912. The van der Waals surface area contributed by atoms with Gasteiger partial charge in [0, 0.05) is 18.8 Å². The predicted molar refractivity (Wildman–Crippen MR) is 63.0 cm³/mol. The Balaban J connectivity index is 2.65. The van der Waals surface area contributed by atoms with Crippen LogP contribution in [0, 0.1) is 0 Å². The molecule has 0 heterocycles. The zero-order valence-electron chi connectivity index (χ0n) is 9.73. The first-order valence-corrected chi connectivity index (χ1v) is 5.17. The first-order valence-electron chi connectivity index (χ1n) is 5.17. The number of nitrogens with one attached hydrogen (secondary N) is 1. The zero-order valence-corrected chi connectivity index (χ0v) is 9.73. The van der Waals surface area contributed by atoms with E-state index in [4.69, 9.17) is 9.84 Å². The van der Waals surface area contributed by atoms with E-state index in [2.05, 4.69) is 5.32 Å². The summed E-state index contributed by atoms with van der Waals surface area (Å²) in [5.41, 5.74) is 1.18. The standard InChI is InChI=1S/C12H17NO3/c1-8(9(2)16-3)13-11-6-4-10(5-7-11)12(14)15/h4-9,13H,1-3H3,(H,14,15). The summed E-state index contributed by atoms with van der Waals surface area (Å²) in [4.78, 5) is 10.6. The van der Waals surface area contributed by atoms with Crippen LogP contribution in [0.4, 0.5) is 5.69 Å². The molecular formula is C12H17NO3. The van der Waals surface area contributed by atoms with Crippen molar-refractivity contribution in [3.63, 3.8) is 0 Å². The van der Waals surface area contributed by atoms with Crippen molar-refractivity contribution in [1.29, 1.82) is 0 Å². The Hall–Kier alpha value is -1.55. The Morgan fingerprint density at radius 3 is 2.31 bits per heavy atom. The minimum Gasteiger partial charge on any atom is -0.478 e. The molecule has 0 aromatic heterocycles. The van der Waals surface area contributed by atoms with Gasteiger partial charge in [-0.2, -0.15) is 0 Å². The van der Waals surface area contributed by atoms with Gasteiger partial charge in [0.2, 0.25) is 0 Å². The smallest absolute Gasteiger partial charge is 0.335 e. The Morgan fingerprint density at radius 1 is 1.31 bits per heavy atom. The molecule has 2 atom stereocenters. The van der Waals surface area contributed by atoms with Crippen LogP contribution in [0.15, 0.2) is 24.3 Å². The van der Waals surface area contributed by atoms with E-state index in [1.54, 1.807) is 31.4 Å². The highest BCUT2D eigenvalue weighted by molar-refractivity contribution is 5.87. The molecule has 0 fully saturated rings. The van der Waals surface area contributed by atoms with E-state index in [0.717, 1.165) is 5.69 Å². The number of methoxy groups -OCH3 is 1. The molecule has 2 N–H and O–H groups in total. The summed E-state index contributed by atoms with van der Waals surface area (Å²) < 4.78 is 5.19. The van der Waals surface area contributed by atoms with Crippen LogP contribution in [0.3, 0.4) is 0 Å². The van der Waals surface area contributed by atoms with E-state index >= 15 is 0 Å². The molecule has 0 radical (unpaired) electrons. The topological polar surface area (TPSA) is 58.6 Å². The van der Waals surface area contributed by atoms with Crippen LogP contribution < -0.4 is 5.32 Å². The number of anilines is 1. The first kappa shape index (κ1) is 12.5. The van der Waals surface area contributed by atoms with Crippen LogP contribution in [0.25, 0.3) is 0 Å². The Morgan fingerprint density at radius 2 is 1.88 bits per heavy atom. The second-order valence-electron chi connectivity index (χ2n) is 3.76. The van der Waals surface area contributed by atoms with Crippen LogP contribution in [0.2, 0.25) is 0 Å². The van der Waals surface area contributed by atoms with Crippen molar-refractivity contribution in [3.05, 3.63) is 29.8 Å². The van der Waals surface area contributed by atoms with Gasteiger partial charge in [-0.1, -0.05) is 0 Å². The highest BCUT2D eigenvalue weighted by Crippen LogP contribution is 2.12. The van der Waals surface area contributed by atoms with Gasteiger partial charge in [-0.3, -0.25) is 0 Å². The highest BCUT2D eigenvalue weighted by atomic mass is 16.5. The molecule has 1 rings (SSSR count). The lowest BCUT2D eigenvalue weighted by Gasteiger charge is -2.21. The number of ether oxygens (including phenoxy) is 1. The lowest BCUT2D eigenvalue weighted by molar-refractivity contribution is 0.0697. The van der Waals surface area contributed by atoms with Crippen molar-refractivity contribution in [1.82, 2.24) is 0 Å². The molecule has 4 heteroatoms. The molecule has 0 aliphatic rings. The number of carbonyl (C=O) groups is 1. The number of hydrogen-bond donors (Lipinski definition) is 2. The summed E-state index contributed by atoms with van der Waals surface area (Å²) in [6.45, 7) is 3.99. The van der Waals surface area contributed by atoms with E-state index < -0.39 is 5.97 Å². The van der Waals surface area contributed by atoms with Gasteiger partial charge >= 0.3 is 5.97 Å². The minimum absolute atomic E-state index is 0.0964. The van der Waals surface area contributed by atoms with Gasteiger partial charge in [0.15, 0.2) is 0 Å². The molecule has 0 aliphatic carbocycles. The maximum Gasteiger partial charge on any atom is 0.335 e. The summed E-state index contributed by atoms with van der Waals surface area (Å²) in [6.07, 6.45) is 0.0964. The Labute approximate surface area is 95.2 Å². The average molecular weight is 223 g/mol. The summed E-state index contributed by atoms with van der Waals surface area (Å²) in [5.74, 6) is -0.912. The van der Waals surface area contributed by atoms with E-state index in [1.807, 2.05) is 13.8 Å². The number of carboxylic acid groups (broad SMARTS) is 1. The van der Waals surface area contributed by atoms with Crippen molar-refractivity contribution < 1.29 is 14.6 Å². The van der Waals surface area contributed by atoms with Gasteiger partial charge in [-0.05, 0) is 38.1 Å². The second kappa shape index (κ2) is 5.51. The maximum atomic E-state index is 10.6. The normalized spacial score (nSPS) is 14.2. The molecule has 0 amide bonds. The number of carboxylic acids is 1. The van der Waals surface area contributed by atoms with E-state index in [1.165, 1.54) is 0 Å². The molecule has 0 saturated carbocycles. The molecule has 0 saturated heterocycles. The number of hydrogen-bond acceptors (Lipinski definition) is 3. The molecule has 1 aromatic rings. The predicted octanol–water partition coefficient (Wildman–Crippen LogP) is 2.22. The van der Waals surface area contributed by atoms with Crippen LogP contribution >= 0.6 is 0 Å². The maximum absolute atomic E-state index is 10.6. The van der Waals surface area contributed by atoms with Crippen LogP contribution in [-0.4, -0.2) is 30.3 Å². The van der Waals surface area contributed by atoms with Gasteiger partial charge in [0.25, 0.3) is 0 Å². The Bertz CT molecular complexity index is 348. The van der Waals surface area contributed by atoms with Gasteiger partial charge in [0.1, 0.15) is 0 Å². The van der Waals surface area contributed by atoms with E-state index in [0.29, 0.717) is 0 Å². The Kier molecular flexibility index (Phi) is 4.31. The van der Waals surface area contributed by atoms with Crippen molar-refractivity contribution >= 4 is 11.7 Å². The number of benzene rings is 1. The molecule has 0 bridgehead atoms. The first-order chi connectivity index (χ1) is 7.54. The largest absolute Gasteiger partial charge is 0.478 e. The molecule has 1 aromatic carbocycles. The fourth-order valence-electron chi connectivity index (χ4n) is 1.29. The summed E-state index contributed by atoms with van der Waals surface area (Å²) in [6, 6.07) is 6.83. The summed E-state index contributed by atoms with van der Waals surface area (Å²) in [7, 11) is 1.66. The third-order valence-electron chi connectivity index (χ3n) is 2.60. The van der Waals surface area contributed by atoms with E-state index in [9.17, 15) is 4.79 Å². The molecule has 0 spiro atoms. The SMILES string of the molecule is COC(C)C(C)Nc1ccc(C(=O)O)cc1. The molecular weight excluding hydrogens is 206 g/mol. The monoisotopic (exact) mass is 223 g/mol. The van der Waals surface area contributed by atoms with Crippen LogP contribution in [0.5, 0.6) is 0 Å². The molecule has 16 heavy (non-hydrogen) atoms. The zero-order chi connectivity index (χ0) is 12.1. The van der Waals surface area contributed by atoms with Gasteiger partial charge in [-0.15, -0.1) is 0 Å². The number of rotatable bonds is 5. The van der Waals surface area contributed by atoms with Gasteiger partial charge in [0.05, 0.1) is 11.7 Å². The van der Waals surface area contributed by atoms with E-state index in [-0.39, 0.29) is 17.7 Å². The van der Waals surface area contributed by atoms with Crippen LogP contribution in [-0.2, 0) is 4.74 Å². The third kappa shape index (κ3) is 3.24. The van der Waals surface area contributed by atoms with Crippen molar-refractivity contribution in [3.8, 4) is 0 Å². The third-order valence-corrected chi connectivity index (χ3v) is 2.60. The summed E-state index contributed by atoms with van der Waals surface area (Å²) >= 11 is 0. The summed E-state index contributed by atoms with van der Waals surface area (Å²) in [5, 5.41) is 12.0. The quantitative estimate of drug-likeness (QED) is 0.803. The molecule has 4 nitrogen and oxygen atoms in total. The van der Waals surface area contributed by atoms with Crippen molar-refractivity contribution in [2.24, 2.45) is 0 Å². The number of aromatic carboxylic acids is 1. The second-order valence-corrected chi connectivity index (χ2v) is 3.76. The molecule has 0 aliphatic heterocycles. The molecule has 88 valence electrons. The fraction of sp³-hybridized carbons (Fsp3) is 0.417. The van der Waals surface area contributed by atoms with Gasteiger partial charge < -0.3 is 15.2 Å². The van der Waals surface area contributed by atoms with Gasteiger partial charge in [-0.25, -0.2) is 4.79 Å². The molecule has 2 unspecified atom stereocenters. The van der Waals surface area contributed by atoms with Crippen LogP contribution in [0.1, 0.15) is 24.2 Å². The lowest BCUT2D eigenvalue weighted by atomic mass is 10.1. The average Bonchev–Trinajstić information content (AvgIpc) is 2.28.